The molecule has 0 fully saturated rings. The molecule has 61 valence electrons. The lowest BCUT2D eigenvalue weighted by Crippen LogP contribution is -2.00. The van der Waals surface area contributed by atoms with Crippen molar-refractivity contribution in [1.29, 1.82) is 0 Å². The summed E-state index contributed by atoms with van der Waals surface area (Å²) in [6, 6.07) is 0. The molecule has 0 rings (SSSR count). The summed E-state index contributed by atoms with van der Waals surface area (Å²) in [6.07, 6.45) is 2.90. The molecule has 0 amide bonds. The lowest BCUT2D eigenvalue weighted by molar-refractivity contribution is 0.186. The van der Waals surface area contributed by atoms with Gasteiger partial charge in [-0.25, -0.2) is 5.11 Å². The molecule has 0 saturated heterocycles. The Balaban J connectivity index is 3.04. The summed E-state index contributed by atoms with van der Waals surface area (Å²) in [5.74, 6) is 0. The van der Waals surface area contributed by atoms with Crippen LogP contribution in [0, 0.1) is 0 Å². The average Bonchev–Trinajstić information content (AvgIpc) is 1.78. The van der Waals surface area contributed by atoms with Gasteiger partial charge in [-0.1, -0.05) is 41.2 Å². The maximum absolute atomic E-state index is 9.96. The zero-order valence-electron chi connectivity index (χ0n) is 5.58. The molecule has 0 aliphatic rings. The van der Waals surface area contributed by atoms with Crippen LogP contribution in [-0.4, -0.2) is 10.4 Å². The Morgan fingerprint density at radius 1 is 1.00 bits per heavy atom. The van der Waals surface area contributed by atoms with Gasteiger partial charge in [-0.3, -0.25) is 0 Å². The molecular formula is C6H10Cl3O. The quantitative estimate of drug-likeness (QED) is 0.494. The summed E-state index contributed by atoms with van der Waals surface area (Å²) < 4.78 is -1.14. The van der Waals surface area contributed by atoms with E-state index >= 15 is 0 Å². The first-order valence-electron chi connectivity index (χ1n) is 3.21. The van der Waals surface area contributed by atoms with Gasteiger partial charge in [0, 0.05) is 0 Å². The maximum atomic E-state index is 9.96. The monoisotopic (exact) mass is 203 g/mol. The Morgan fingerprint density at radius 2 is 1.60 bits per heavy atom. The van der Waals surface area contributed by atoms with Gasteiger partial charge in [0.25, 0.3) is 0 Å². The lowest BCUT2D eigenvalue weighted by atomic mass is 10.2. The van der Waals surface area contributed by atoms with Crippen LogP contribution in [0.5, 0.6) is 0 Å². The van der Waals surface area contributed by atoms with Crippen LogP contribution in [0.2, 0.25) is 0 Å². The Kier molecular flexibility index (Phi) is 5.93. The molecule has 0 aromatic heterocycles. The van der Waals surface area contributed by atoms with E-state index in [1.165, 1.54) is 0 Å². The summed E-state index contributed by atoms with van der Waals surface area (Å²) in [4.78, 5) is 0. The van der Waals surface area contributed by atoms with Crippen LogP contribution in [0.4, 0.5) is 0 Å². The minimum Gasteiger partial charge on any atom is -0.237 e. The van der Waals surface area contributed by atoms with Gasteiger partial charge in [0.15, 0.2) is 3.79 Å². The third-order valence-corrected chi connectivity index (χ3v) is 1.67. The highest BCUT2D eigenvalue weighted by atomic mass is 35.6. The fourth-order valence-electron chi connectivity index (χ4n) is 0.604. The highest BCUT2D eigenvalue weighted by Crippen LogP contribution is 2.31. The van der Waals surface area contributed by atoms with Crippen LogP contribution in [0.15, 0.2) is 0 Å². The first-order chi connectivity index (χ1) is 4.56. The number of rotatable bonds is 4. The molecule has 0 N–H and O–H groups in total. The highest BCUT2D eigenvalue weighted by molar-refractivity contribution is 6.67. The third kappa shape index (κ3) is 8.83. The molecule has 0 aliphatic heterocycles. The van der Waals surface area contributed by atoms with E-state index in [1.807, 2.05) is 0 Å². The molecule has 1 radical (unpaired) electrons. The molecule has 0 aliphatic carbocycles. The normalized spacial score (nSPS) is 12.0. The van der Waals surface area contributed by atoms with Crippen molar-refractivity contribution in [2.75, 3.05) is 6.61 Å². The van der Waals surface area contributed by atoms with Crippen molar-refractivity contribution in [3.63, 3.8) is 0 Å². The van der Waals surface area contributed by atoms with Gasteiger partial charge in [0.05, 0.1) is 6.61 Å². The smallest absolute Gasteiger partial charge is 0.190 e. The Bertz CT molecular complexity index is 79.6. The van der Waals surface area contributed by atoms with Gasteiger partial charge in [-0.2, -0.15) is 0 Å². The molecule has 0 aromatic carbocycles. The van der Waals surface area contributed by atoms with Crippen molar-refractivity contribution < 1.29 is 5.11 Å². The summed E-state index contributed by atoms with van der Waals surface area (Å²) in [5.41, 5.74) is 0. The minimum absolute atomic E-state index is 0.0279. The van der Waals surface area contributed by atoms with Crippen LogP contribution >= 0.6 is 34.8 Å². The Labute approximate surface area is 76.3 Å². The van der Waals surface area contributed by atoms with Crippen LogP contribution in [0.25, 0.3) is 0 Å². The van der Waals surface area contributed by atoms with E-state index in [4.69, 9.17) is 34.8 Å². The molecule has 1 nitrogen and oxygen atoms in total. The van der Waals surface area contributed by atoms with Crippen molar-refractivity contribution in [3.8, 4) is 0 Å². The molecule has 0 atom stereocenters. The number of unbranched alkanes of at least 4 members (excludes halogenated alkanes) is 2. The molecule has 0 saturated carbocycles. The van der Waals surface area contributed by atoms with Gasteiger partial charge in [0.1, 0.15) is 0 Å². The SMILES string of the molecule is [O]CCCCCC(Cl)(Cl)Cl. The summed E-state index contributed by atoms with van der Waals surface area (Å²) in [6.45, 7) is -0.0279. The van der Waals surface area contributed by atoms with E-state index in [-0.39, 0.29) is 6.61 Å². The van der Waals surface area contributed by atoms with Crippen molar-refractivity contribution in [3.05, 3.63) is 0 Å². The van der Waals surface area contributed by atoms with Gasteiger partial charge in [-0.05, 0) is 19.3 Å². The topological polar surface area (TPSA) is 19.9 Å². The van der Waals surface area contributed by atoms with E-state index in [9.17, 15) is 5.11 Å². The second kappa shape index (κ2) is 5.48. The minimum atomic E-state index is -1.14. The van der Waals surface area contributed by atoms with E-state index in [0.29, 0.717) is 12.8 Å². The van der Waals surface area contributed by atoms with E-state index in [0.717, 1.165) is 12.8 Å². The highest BCUT2D eigenvalue weighted by Gasteiger charge is 2.17. The number of alkyl halides is 3. The van der Waals surface area contributed by atoms with Crippen molar-refractivity contribution in [2.24, 2.45) is 0 Å². The molecule has 0 bridgehead atoms. The number of hydrogen-bond acceptors (Lipinski definition) is 0. The first-order valence-corrected chi connectivity index (χ1v) is 4.34. The van der Waals surface area contributed by atoms with Gasteiger partial charge < -0.3 is 0 Å². The van der Waals surface area contributed by atoms with Crippen molar-refractivity contribution in [1.82, 2.24) is 0 Å². The second-order valence-corrected chi connectivity index (χ2v) is 4.65. The average molecular weight is 205 g/mol. The van der Waals surface area contributed by atoms with Gasteiger partial charge in [-0.15, -0.1) is 0 Å². The van der Waals surface area contributed by atoms with E-state index in [2.05, 4.69) is 0 Å². The van der Waals surface area contributed by atoms with Crippen LogP contribution in [-0.2, 0) is 5.11 Å². The molecule has 10 heavy (non-hydrogen) atoms. The molecule has 0 unspecified atom stereocenters. The first kappa shape index (κ1) is 10.8. The van der Waals surface area contributed by atoms with Gasteiger partial charge in [0.2, 0.25) is 0 Å². The standard InChI is InChI=1S/C6H10Cl3O/c7-6(8,9)4-2-1-3-5-10/h1-5H2. The summed E-state index contributed by atoms with van der Waals surface area (Å²) >= 11 is 16.4. The lowest BCUT2D eigenvalue weighted by Gasteiger charge is -2.08. The van der Waals surface area contributed by atoms with Crippen LogP contribution < -0.4 is 0 Å². The Morgan fingerprint density at radius 3 is 2.00 bits per heavy atom. The largest absolute Gasteiger partial charge is 0.237 e. The predicted octanol–water partition coefficient (Wildman–Crippen LogP) is 3.35. The van der Waals surface area contributed by atoms with Crippen LogP contribution in [0.1, 0.15) is 25.7 Å². The fourth-order valence-corrected chi connectivity index (χ4v) is 1.01. The number of halogens is 3. The van der Waals surface area contributed by atoms with Crippen molar-refractivity contribution >= 4 is 34.8 Å². The second-order valence-electron chi connectivity index (χ2n) is 2.13. The Hall–Kier alpha value is 0.830. The van der Waals surface area contributed by atoms with E-state index < -0.39 is 3.79 Å². The fraction of sp³-hybridized carbons (Fsp3) is 1.00. The van der Waals surface area contributed by atoms with Gasteiger partial charge >= 0.3 is 0 Å². The maximum Gasteiger partial charge on any atom is 0.190 e. The summed E-state index contributed by atoms with van der Waals surface area (Å²) in [5, 5.41) is 9.96. The predicted molar refractivity (Wildman–Crippen MR) is 44.3 cm³/mol. The zero-order chi connectivity index (χ0) is 8.04. The summed E-state index contributed by atoms with van der Waals surface area (Å²) in [7, 11) is 0. The number of hydrogen-bond donors (Lipinski definition) is 0. The van der Waals surface area contributed by atoms with Crippen LogP contribution in [0.3, 0.4) is 0 Å². The van der Waals surface area contributed by atoms with Crippen molar-refractivity contribution in [2.45, 2.75) is 29.5 Å². The zero-order valence-corrected chi connectivity index (χ0v) is 7.85. The molecular weight excluding hydrogens is 194 g/mol. The molecule has 0 aromatic rings. The third-order valence-electron chi connectivity index (χ3n) is 1.10. The van der Waals surface area contributed by atoms with E-state index in [1.54, 1.807) is 0 Å². The molecule has 0 spiro atoms. The molecule has 0 heterocycles. The molecule has 4 heteroatoms.